The van der Waals surface area contributed by atoms with E-state index < -0.39 is 0 Å². The maximum Gasteiger partial charge on any atom is 0.137 e. The van der Waals surface area contributed by atoms with Crippen LogP contribution in [0.1, 0.15) is 57.1 Å². The van der Waals surface area contributed by atoms with Crippen molar-refractivity contribution in [1.82, 2.24) is 5.32 Å². The van der Waals surface area contributed by atoms with E-state index in [9.17, 15) is 4.39 Å². The standard InChI is InChI=1S/C16H23BrFN/c1-2-19-16(12-7-5-3-4-6-8-12)13-9-10-15(18)14(17)11-13/h9-12,16,19H,2-8H2,1H3. The summed E-state index contributed by atoms with van der Waals surface area (Å²) in [5, 5.41) is 3.60. The van der Waals surface area contributed by atoms with Gasteiger partial charge in [0, 0.05) is 6.04 Å². The summed E-state index contributed by atoms with van der Waals surface area (Å²) in [6, 6.07) is 5.80. The Morgan fingerprint density at radius 1 is 1.26 bits per heavy atom. The SMILES string of the molecule is CCNC(c1ccc(F)c(Br)c1)C1CCCCCC1. The molecular weight excluding hydrogens is 305 g/mol. The van der Waals surface area contributed by atoms with Crippen LogP contribution in [-0.2, 0) is 0 Å². The molecule has 1 N–H and O–H groups in total. The van der Waals surface area contributed by atoms with Gasteiger partial charge >= 0.3 is 0 Å². The van der Waals surface area contributed by atoms with E-state index in [2.05, 4.69) is 28.2 Å². The van der Waals surface area contributed by atoms with E-state index >= 15 is 0 Å². The van der Waals surface area contributed by atoms with Gasteiger partial charge in [-0.05, 0) is 58.9 Å². The van der Waals surface area contributed by atoms with Crippen LogP contribution in [0.15, 0.2) is 22.7 Å². The molecule has 0 aromatic heterocycles. The van der Waals surface area contributed by atoms with E-state index in [0.29, 0.717) is 16.4 Å². The molecule has 1 aromatic rings. The molecule has 0 radical (unpaired) electrons. The fraction of sp³-hybridized carbons (Fsp3) is 0.625. The highest BCUT2D eigenvalue weighted by molar-refractivity contribution is 9.10. The number of benzene rings is 1. The third-order valence-corrected chi connectivity index (χ3v) is 4.71. The molecule has 0 aliphatic heterocycles. The van der Waals surface area contributed by atoms with Gasteiger partial charge in [0.1, 0.15) is 5.82 Å². The van der Waals surface area contributed by atoms with Crippen LogP contribution in [0.25, 0.3) is 0 Å². The van der Waals surface area contributed by atoms with Gasteiger partial charge in [0.2, 0.25) is 0 Å². The molecule has 1 atom stereocenters. The van der Waals surface area contributed by atoms with Crippen molar-refractivity contribution in [3.8, 4) is 0 Å². The molecule has 3 heteroatoms. The molecule has 0 amide bonds. The van der Waals surface area contributed by atoms with E-state index in [1.165, 1.54) is 44.1 Å². The summed E-state index contributed by atoms with van der Waals surface area (Å²) in [5.41, 5.74) is 1.21. The Morgan fingerprint density at radius 2 is 1.95 bits per heavy atom. The van der Waals surface area contributed by atoms with Crippen molar-refractivity contribution in [2.45, 2.75) is 51.5 Å². The Labute approximate surface area is 124 Å². The minimum atomic E-state index is -0.181. The summed E-state index contributed by atoms with van der Waals surface area (Å²) in [6.45, 7) is 3.10. The highest BCUT2D eigenvalue weighted by Gasteiger charge is 2.23. The monoisotopic (exact) mass is 327 g/mol. The zero-order valence-corrected chi connectivity index (χ0v) is 13.2. The molecule has 0 saturated heterocycles. The maximum atomic E-state index is 13.4. The first-order chi connectivity index (χ1) is 9.22. The quantitative estimate of drug-likeness (QED) is 0.748. The first-order valence-electron chi connectivity index (χ1n) is 7.40. The highest BCUT2D eigenvalue weighted by Crippen LogP contribution is 2.34. The summed E-state index contributed by atoms with van der Waals surface area (Å²) in [6.07, 6.45) is 7.95. The molecule has 0 spiro atoms. The zero-order valence-electron chi connectivity index (χ0n) is 11.6. The largest absolute Gasteiger partial charge is 0.310 e. The molecule has 1 nitrogen and oxygen atoms in total. The van der Waals surface area contributed by atoms with Gasteiger partial charge < -0.3 is 5.32 Å². The van der Waals surface area contributed by atoms with Crippen molar-refractivity contribution >= 4 is 15.9 Å². The highest BCUT2D eigenvalue weighted by atomic mass is 79.9. The van der Waals surface area contributed by atoms with E-state index in [1.54, 1.807) is 6.07 Å². The van der Waals surface area contributed by atoms with Crippen LogP contribution in [0, 0.1) is 11.7 Å². The summed E-state index contributed by atoms with van der Waals surface area (Å²) >= 11 is 3.30. The Morgan fingerprint density at radius 3 is 2.53 bits per heavy atom. The van der Waals surface area contributed by atoms with Gasteiger partial charge in [0.15, 0.2) is 0 Å². The third-order valence-electron chi connectivity index (χ3n) is 4.10. The summed E-state index contributed by atoms with van der Waals surface area (Å²) < 4.78 is 14.0. The minimum absolute atomic E-state index is 0.181. The van der Waals surface area contributed by atoms with Gasteiger partial charge in [-0.1, -0.05) is 38.7 Å². The smallest absolute Gasteiger partial charge is 0.137 e. The van der Waals surface area contributed by atoms with Crippen molar-refractivity contribution in [2.24, 2.45) is 5.92 Å². The Bertz CT molecular complexity index is 400. The normalized spacial score (nSPS) is 19.1. The van der Waals surface area contributed by atoms with Crippen LogP contribution in [-0.4, -0.2) is 6.54 Å². The summed E-state index contributed by atoms with van der Waals surface area (Å²) in [7, 11) is 0. The van der Waals surface area contributed by atoms with Crippen LogP contribution >= 0.6 is 15.9 Å². The van der Waals surface area contributed by atoms with Crippen LogP contribution in [0.2, 0.25) is 0 Å². The molecule has 0 heterocycles. The molecule has 1 aliphatic carbocycles. The molecule has 1 aliphatic rings. The van der Waals surface area contributed by atoms with Gasteiger partial charge in [-0.3, -0.25) is 0 Å². The number of rotatable bonds is 4. The molecule has 1 aromatic carbocycles. The average molecular weight is 328 g/mol. The van der Waals surface area contributed by atoms with E-state index in [4.69, 9.17) is 0 Å². The fourth-order valence-electron chi connectivity index (χ4n) is 3.13. The second kappa shape index (κ2) is 7.39. The zero-order chi connectivity index (χ0) is 13.7. The average Bonchev–Trinajstić information content (AvgIpc) is 2.68. The van der Waals surface area contributed by atoms with Gasteiger partial charge in [0.05, 0.1) is 4.47 Å². The van der Waals surface area contributed by atoms with Crippen molar-refractivity contribution in [3.63, 3.8) is 0 Å². The van der Waals surface area contributed by atoms with E-state index in [0.717, 1.165) is 6.54 Å². The number of halogens is 2. The second-order valence-electron chi connectivity index (χ2n) is 5.46. The predicted molar refractivity (Wildman–Crippen MR) is 81.7 cm³/mol. The van der Waals surface area contributed by atoms with E-state index in [1.807, 2.05) is 12.1 Å². The van der Waals surface area contributed by atoms with Crippen LogP contribution in [0.4, 0.5) is 4.39 Å². The van der Waals surface area contributed by atoms with Crippen molar-refractivity contribution < 1.29 is 4.39 Å². The minimum Gasteiger partial charge on any atom is -0.310 e. The maximum absolute atomic E-state index is 13.4. The molecule has 0 bridgehead atoms. The molecule has 106 valence electrons. The van der Waals surface area contributed by atoms with Gasteiger partial charge in [-0.25, -0.2) is 4.39 Å². The Hall–Kier alpha value is -0.410. The first kappa shape index (κ1) is 15.0. The number of hydrogen-bond acceptors (Lipinski definition) is 1. The molecule has 1 saturated carbocycles. The topological polar surface area (TPSA) is 12.0 Å². The fourth-order valence-corrected chi connectivity index (χ4v) is 3.52. The second-order valence-corrected chi connectivity index (χ2v) is 6.31. The van der Waals surface area contributed by atoms with Gasteiger partial charge in [-0.2, -0.15) is 0 Å². The predicted octanol–water partition coefficient (Wildman–Crippen LogP) is 5.21. The first-order valence-corrected chi connectivity index (χ1v) is 8.20. The molecule has 1 unspecified atom stereocenters. The van der Waals surface area contributed by atoms with Crippen molar-refractivity contribution in [3.05, 3.63) is 34.1 Å². The lowest BCUT2D eigenvalue weighted by Crippen LogP contribution is -2.28. The Balaban J connectivity index is 2.19. The number of nitrogens with one attached hydrogen (secondary N) is 1. The lowest BCUT2D eigenvalue weighted by Gasteiger charge is -2.27. The lowest BCUT2D eigenvalue weighted by atomic mass is 9.87. The summed E-state index contributed by atoms with van der Waals surface area (Å²) in [4.78, 5) is 0. The van der Waals surface area contributed by atoms with Gasteiger partial charge in [0.25, 0.3) is 0 Å². The van der Waals surface area contributed by atoms with Crippen LogP contribution < -0.4 is 5.32 Å². The van der Waals surface area contributed by atoms with Crippen molar-refractivity contribution in [1.29, 1.82) is 0 Å². The summed E-state index contributed by atoms with van der Waals surface area (Å²) in [5.74, 6) is 0.500. The third kappa shape index (κ3) is 4.03. The van der Waals surface area contributed by atoms with Gasteiger partial charge in [-0.15, -0.1) is 0 Å². The molecule has 1 fully saturated rings. The molecule has 2 rings (SSSR count). The molecular formula is C16H23BrFN. The lowest BCUT2D eigenvalue weighted by molar-refractivity contribution is 0.330. The molecule has 19 heavy (non-hydrogen) atoms. The van der Waals surface area contributed by atoms with E-state index in [-0.39, 0.29) is 5.82 Å². The van der Waals surface area contributed by atoms with Crippen LogP contribution in [0.3, 0.4) is 0 Å². The number of hydrogen-bond donors (Lipinski definition) is 1. The Kier molecular flexibility index (Phi) is 5.83. The van der Waals surface area contributed by atoms with Crippen molar-refractivity contribution in [2.75, 3.05) is 6.54 Å². The van der Waals surface area contributed by atoms with Crippen LogP contribution in [0.5, 0.6) is 0 Å².